The maximum Gasteiger partial charge on any atom is 0.266 e. The average Bonchev–Trinajstić information content (AvgIpc) is 2.51. The molecule has 4 heteroatoms. The molecule has 3 aromatic rings. The van der Waals surface area contributed by atoms with E-state index in [0.29, 0.717) is 0 Å². The highest BCUT2D eigenvalue weighted by Gasteiger charge is 2.03. The van der Waals surface area contributed by atoms with Gasteiger partial charge in [0.2, 0.25) is 0 Å². The summed E-state index contributed by atoms with van der Waals surface area (Å²) in [5, 5.41) is 4.21. The number of benzene rings is 2. The van der Waals surface area contributed by atoms with Crippen LogP contribution in [-0.2, 0) is 7.05 Å². The summed E-state index contributed by atoms with van der Waals surface area (Å²) < 4.78 is 14.2. The highest BCUT2D eigenvalue weighted by Crippen LogP contribution is 2.23. The maximum atomic E-state index is 12.9. The van der Waals surface area contributed by atoms with Crippen LogP contribution < -0.4 is 5.56 Å². The molecule has 0 saturated carbocycles. The van der Waals surface area contributed by atoms with Gasteiger partial charge in [-0.3, -0.25) is 4.79 Å². The molecule has 0 aliphatic rings. The predicted octanol–water partition coefficient (Wildman–Crippen LogP) is 3.25. The number of halogens is 1. The smallest absolute Gasteiger partial charge is 0.266 e. The molecule has 0 aliphatic carbocycles. The first kappa shape index (κ1) is 13.2. The van der Waals surface area contributed by atoms with E-state index >= 15 is 0 Å². The van der Waals surface area contributed by atoms with E-state index in [1.165, 1.54) is 22.9 Å². The van der Waals surface area contributed by atoms with Gasteiger partial charge in [-0.25, -0.2) is 9.07 Å². The average molecular weight is 280 g/mol. The molecule has 0 bridgehead atoms. The van der Waals surface area contributed by atoms with E-state index in [0.717, 1.165) is 22.4 Å². The lowest BCUT2D eigenvalue weighted by molar-refractivity contribution is 0.628. The molecule has 104 valence electrons. The van der Waals surface area contributed by atoms with Crippen LogP contribution in [0.5, 0.6) is 0 Å². The first-order valence-corrected chi connectivity index (χ1v) is 6.54. The molecule has 0 N–H and O–H groups in total. The second kappa shape index (κ2) is 5.32. The van der Waals surface area contributed by atoms with E-state index in [4.69, 9.17) is 0 Å². The van der Waals surface area contributed by atoms with Gasteiger partial charge in [-0.2, -0.15) is 5.10 Å². The van der Waals surface area contributed by atoms with E-state index in [9.17, 15) is 9.18 Å². The Hall–Kier alpha value is -2.75. The Morgan fingerprint density at radius 1 is 0.810 bits per heavy atom. The fourth-order valence-electron chi connectivity index (χ4n) is 2.13. The third-order valence-corrected chi connectivity index (χ3v) is 3.32. The van der Waals surface area contributed by atoms with Crippen LogP contribution >= 0.6 is 0 Å². The van der Waals surface area contributed by atoms with E-state index in [1.807, 2.05) is 24.3 Å². The van der Waals surface area contributed by atoms with Gasteiger partial charge in [-0.1, -0.05) is 36.4 Å². The van der Waals surface area contributed by atoms with E-state index in [1.54, 1.807) is 25.2 Å². The lowest BCUT2D eigenvalue weighted by Gasteiger charge is -2.05. The number of rotatable bonds is 2. The fraction of sp³-hybridized carbons (Fsp3) is 0.0588. The summed E-state index contributed by atoms with van der Waals surface area (Å²) in [6.45, 7) is 0. The summed E-state index contributed by atoms with van der Waals surface area (Å²) in [7, 11) is 1.62. The zero-order valence-electron chi connectivity index (χ0n) is 11.5. The zero-order chi connectivity index (χ0) is 14.8. The zero-order valence-corrected chi connectivity index (χ0v) is 11.5. The first-order chi connectivity index (χ1) is 10.1. The van der Waals surface area contributed by atoms with Gasteiger partial charge >= 0.3 is 0 Å². The van der Waals surface area contributed by atoms with Crippen LogP contribution in [0.4, 0.5) is 4.39 Å². The monoisotopic (exact) mass is 280 g/mol. The second-order valence-electron chi connectivity index (χ2n) is 4.76. The molecule has 2 aromatic carbocycles. The molecule has 0 spiro atoms. The molecule has 0 radical (unpaired) electrons. The van der Waals surface area contributed by atoms with Gasteiger partial charge in [0.25, 0.3) is 5.56 Å². The number of nitrogens with zero attached hydrogens (tertiary/aromatic N) is 2. The van der Waals surface area contributed by atoms with Crippen LogP contribution in [-0.4, -0.2) is 9.78 Å². The van der Waals surface area contributed by atoms with Crippen molar-refractivity contribution in [1.82, 2.24) is 9.78 Å². The fourth-order valence-corrected chi connectivity index (χ4v) is 2.13. The number of aromatic nitrogens is 2. The molecule has 0 amide bonds. The van der Waals surface area contributed by atoms with Gasteiger partial charge in [-0.05, 0) is 29.3 Å². The van der Waals surface area contributed by atoms with Gasteiger partial charge in [0.05, 0.1) is 5.69 Å². The van der Waals surface area contributed by atoms with E-state index in [-0.39, 0.29) is 11.4 Å². The Morgan fingerprint density at radius 3 is 1.90 bits per heavy atom. The molecule has 21 heavy (non-hydrogen) atoms. The molecule has 1 heterocycles. The van der Waals surface area contributed by atoms with Crippen LogP contribution in [0.25, 0.3) is 22.4 Å². The summed E-state index contributed by atoms with van der Waals surface area (Å²) in [5.74, 6) is -0.246. The number of hydrogen-bond acceptors (Lipinski definition) is 2. The van der Waals surface area contributed by atoms with Gasteiger partial charge in [0.15, 0.2) is 0 Å². The van der Waals surface area contributed by atoms with Crippen molar-refractivity contribution in [3.05, 3.63) is 76.8 Å². The molecule has 0 unspecified atom stereocenters. The van der Waals surface area contributed by atoms with Crippen molar-refractivity contribution in [1.29, 1.82) is 0 Å². The van der Waals surface area contributed by atoms with Crippen molar-refractivity contribution >= 4 is 0 Å². The van der Waals surface area contributed by atoms with Crippen molar-refractivity contribution in [2.75, 3.05) is 0 Å². The second-order valence-corrected chi connectivity index (χ2v) is 4.76. The molecule has 0 saturated heterocycles. The Balaban J connectivity index is 1.95. The van der Waals surface area contributed by atoms with Crippen LogP contribution in [0.1, 0.15) is 0 Å². The van der Waals surface area contributed by atoms with Crippen molar-refractivity contribution in [3.8, 4) is 22.4 Å². The van der Waals surface area contributed by atoms with Crippen molar-refractivity contribution in [2.45, 2.75) is 0 Å². The van der Waals surface area contributed by atoms with Gasteiger partial charge in [0.1, 0.15) is 5.82 Å². The van der Waals surface area contributed by atoms with Crippen molar-refractivity contribution < 1.29 is 4.39 Å². The van der Waals surface area contributed by atoms with Crippen LogP contribution in [0.15, 0.2) is 65.5 Å². The molecule has 3 nitrogen and oxygen atoms in total. The lowest BCUT2D eigenvalue weighted by Crippen LogP contribution is -2.18. The summed E-state index contributed by atoms with van der Waals surface area (Å²) in [5.41, 5.74) is 3.49. The summed E-state index contributed by atoms with van der Waals surface area (Å²) in [6, 6.07) is 17.4. The van der Waals surface area contributed by atoms with Gasteiger partial charge in [0, 0.05) is 18.7 Å². The SMILES string of the molecule is Cn1nc(-c2ccc(-c3ccc(F)cc3)cc2)ccc1=O. The standard InChI is InChI=1S/C17H13FN2O/c1-20-17(21)11-10-16(19-20)14-4-2-12(3-5-14)13-6-8-15(18)9-7-13/h2-11H,1H3. The number of hydrogen-bond donors (Lipinski definition) is 0. The Labute approximate surface area is 121 Å². The normalized spacial score (nSPS) is 10.6. The molecule has 0 fully saturated rings. The van der Waals surface area contributed by atoms with Crippen LogP contribution in [0.3, 0.4) is 0 Å². The maximum absolute atomic E-state index is 12.9. The molecule has 1 aromatic heterocycles. The van der Waals surface area contributed by atoms with Gasteiger partial charge in [-0.15, -0.1) is 0 Å². The van der Waals surface area contributed by atoms with Crippen LogP contribution in [0, 0.1) is 5.82 Å². The van der Waals surface area contributed by atoms with E-state index in [2.05, 4.69) is 5.10 Å². The lowest BCUT2D eigenvalue weighted by atomic mass is 10.0. The summed E-state index contributed by atoms with van der Waals surface area (Å²) in [6.07, 6.45) is 0. The minimum atomic E-state index is -0.246. The Bertz CT molecular complexity index is 821. The summed E-state index contributed by atoms with van der Waals surface area (Å²) in [4.78, 5) is 11.3. The molecular weight excluding hydrogens is 267 g/mol. The molecular formula is C17H13FN2O. The van der Waals surface area contributed by atoms with Crippen molar-refractivity contribution in [3.63, 3.8) is 0 Å². The highest BCUT2D eigenvalue weighted by atomic mass is 19.1. The minimum absolute atomic E-state index is 0.137. The van der Waals surface area contributed by atoms with Crippen molar-refractivity contribution in [2.24, 2.45) is 7.05 Å². The van der Waals surface area contributed by atoms with E-state index < -0.39 is 0 Å². The van der Waals surface area contributed by atoms with Crippen LogP contribution in [0.2, 0.25) is 0 Å². The minimum Gasteiger partial charge on any atom is -0.268 e. The molecule has 0 atom stereocenters. The molecule has 0 aliphatic heterocycles. The molecule has 3 rings (SSSR count). The highest BCUT2D eigenvalue weighted by molar-refractivity contribution is 5.68. The Kier molecular flexibility index (Phi) is 3.36. The topological polar surface area (TPSA) is 34.9 Å². The number of aryl methyl sites for hydroxylation is 1. The first-order valence-electron chi connectivity index (χ1n) is 6.54. The quantitative estimate of drug-likeness (QED) is 0.722. The van der Waals surface area contributed by atoms with Gasteiger partial charge < -0.3 is 0 Å². The third-order valence-electron chi connectivity index (χ3n) is 3.32. The third kappa shape index (κ3) is 2.74. The largest absolute Gasteiger partial charge is 0.268 e. The Morgan fingerprint density at radius 2 is 1.33 bits per heavy atom. The summed E-state index contributed by atoms with van der Waals surface area (Å²) >= 11 is 0. The predicted molar refractivity (Wildman–Crippen MR) is 80.3 cm³/mol.